The third-order valence-electron chi connectivity index (χ3n) is 2.67. The van der Waals surface area contributed by atoms with Gasteiger partial charge in [0.25, 0.3) is 0 Å². The van der Waals surface area contributed by atoms with Crippen LogP contribution in [0.25, 0.3) is 10.9 Å². The van der Waals surface area contributed by atoms with Crippen LogP contribution in [0.2, 0.25) is 0 Å². The molecule has 1 unspecified atom stereocenters. The molecule has 0 bridgehead atoms. The zero-order valence-electron chi connectivity index (χ0n) is 8.91. The van der Waals surface area contributed by atoms with Crippen LogP contribution in [0, 0.1) is 0 Å². The summed E-state index contributed by atoms with van der Waals surface area (Å²) < 4.78 is 0. The standard InChI is InChI=1S/C12H10N4O/c17-11(12-14-7-15-16-12)9-3-1-5-10-8(9)4-2-6-13-10/h1-7,11,17H,(H,14,15,16). The van der Waals surface area contributed by atoms with E-state index in [1.165, 1.54) is 6.33 Å². The fourth-order valence-corrected chi connectivity index (χ4v) is 1.86. The average molecular weight is 226 g/mol. The SMILES string of the molecule is OC(c1ncn[nH]1)c1cccc2ncccc12. The number of fused-ring (bicyclic) bond motifs is 1. The van der Waals surface area contributed by atoms with Crippen LogP contribution in [-0.4, -0.2) is 25.3 Å². The number of nitrogens with zero attached hydrogens (tertiary/aromatic N) is 3. The van der Waals surface area contributed by atoms with Crippen LogP contribution < -0.4 is 0 Å². The highest BCUT2D eigenvalue weighted by Crippen LogP contribution is 2.25. The quantitative estimate of drug-likeness (QED) is 0.693. The third-order valence-corrected chi connectivity index (χ3v) is 2.67. The van der Waals surface area contributed by atoms with Gasteiger partial charge in [-0.25, -0.2) is 4.98 Å². The van der Waals surface area contributed by atoms with Crippen LogP contribution in [0.3, 0.4) is 0 Å². The molecule has 0 radical (unpaired) electrons. The summed E-state index contributed by atoms with van der Waals surface area (Å²) in [5.74, 6) is 0.432. The number of pyridine rings is 1. The maximum Gasteiger partial charge on any atom is 0.157 e. The number of hydrogen-bond acceptors (Lipinski definition) is 4. The van der Waals surface area contributed by atoms with Crippen molar-refractivity contribution in [2.24, 2.45) is 0 Å². The zero-order valence-corrected chi connectivity index (χ0v) is 8.91. The highest BCUT2D eigenvalue weighted by atomic mass is 16.3. The Morgan fingerprint density at radius 2 is 2.06 bits per heavy atom. The molecule has 3 aromatic rings. The molecule has 2 aromatic heterocycles. The first kappa shape index (κ1) is 9.92. The zero-order chi connectivity index (χ0) is 11.7. The Bertz CT molecular complexity index is 631. The lowest BCUT2D eigenvalue weighted by atomic mass is 10.0. The Morgan fingerprint density at radius 1 is 1.12 bits per heavy atom. The van der Waals surface area contributed by atoms with Gasteiger partial charge in [0.05, 0.1) is 5.52 Å². The molecule has 84 valence electrons. The van der Waals surface area contributed by atoms with Gasteiger partial charge >= 0.3 is 0 Å². The maximum absolute atomic E-state index is 10.2. The van der Waals surface area contributed by atoms with E-state index >= 15 is 0 Å². The molecule has 0 fully saturated rings. The first-order chi connectivity index (χ1) is 8.36. The van der Waals surface area contributed by atoms with Gasteiger partial charge in [0, 0.05) is 11.6 Å². The molecule has 2 N–H and O–H groups in total. The minimum Gasteiger partial charge on any atom is -0.380 e. The lowest BCUT2D eigenvalue weighted by Crippen LogP contribution is -2.03. The van der Waals surface area contributed by atoms with E-state index < -0.39 is 6.10 Å². The van der Waals surface area contributed by atoms with Crippen molar-refractivity contribution in [1.82, 2.24) is 20.2 Å². The van der Waals surface area contributed by atoms with Gasteiger partial charge in [-0.2, -0.15) is 5.10 Å². The van der Waals surface area contributed by atoms with Gasteiger partial charge in [0.1, 0.15) is 12.4 Å². The highest BCUT2D eigenvalue weighted by Gasteiger charge is 2.15. The second-order valence-electron chi connectivity index (χ2n) is 3.69. The van der Waals surface area contributed by atoms with Gasteiger partial charge in [0.2, 0.25) is 0 Å². The van der Waals surface area contributed by atoms with E-state index in [0.717, 1.165) is 16.5 Å². The molecule has 2 heterocycles. The molecule has 0 saturated carbocycles. The molecule has 5 nitrogen and oxygen atoms in total. The number of H-pyrrole nitrogens is 1. The Balaban J connectivity index is 2.17. The molecule has 0 spiro atoms. The first-order valence-electron chi connectivity index (χ1n) is 5.23. The smallest absolute Gasteiger partial charge is 0.157 e. The number of aromatic amines is 1. The summed E-state index contributed by atoms with van der Waals surface area (Å²) >= 11 is 0. The molecular formula is C12H10N4O. The number of rotatable bonds is 2. The van der Waals surface area contributed by atoms with E-state index in [9.17, 15) is 5.11 Å². The Labute approximate surface area is 97.2 Å². The van der Waals surface area contributed by atoms with E-state index in [1.807, 2.05) is 30.3 Å². The normalized spacial score (nSPS) is 12.8. The summed E-state index contributed by atoms with van der Waals surface area (Å²) in [5.41, 5.74) is 1.62. The summed E-state index contributed by atoms with van der Waals surface area (Å²) in [6, 6.07) is 9.41. The molecule has 1 aromatic carbocycles. The van der Waals surface area contributed by atoms with Crippen LogP contribution in [0.15, 0.2) is 42.9 Å². The molecule has 3 rings (SSSR count). The fourth-order valence-electron chi connectivity index (χ4n) is 1.86. The number of hydrogen-bond donors (Lipinski definition) is 2. The minimum atomic E-state index is -0.814. The van der Waals surface area contributed by atoms with E-state index in [4.69, 9.17) is 0 Å². The number of nitrogens with one attached hydrogen (secondary N) is 1. The van der Waals surface area contributed by atoms with Crippen LogP contribution in [0.1, 0.15) is 17.5 Å². The van der Waals surface area contributed by atoms with Crippen molar-refractivity contribution in [2.45, 2.75) is 6.10 Å². The predicted octanol–water partition coefficient (Wildman–Crippen LogP) is 1.43. The number of benzene rings is 1. The van der Waals surface area contributed by atoms with Crippen LogP contribution in [0.5, 0.6) is 0 Å². The molecule has 0 saturated heterocycles. The highest BCUT2D eigenvalue weighted by molar-refractivity contribution is 5.82. The van der Waals surface area contributed by atoms with Crippen molar-refractivity contribution in [3.8, 4) is 0 Å². The van der Waals surface area contributed by atoms with Crippen molar-refractivity contribution in [3.63, 3.8) is 0 Å². The Hall–Kier alpha value is -2.27. The molecule has 0 aliphatic heterocycles. The first-order valence-corrected chi connectivity index (χ1v) is 5.23. The van der Waals surface area contributed by atoms with Crippen molar-refractivity contribution in [3.05, 3.63) is 54.2 Å². The fraction of sp³-hybridized carbons (Fsp3) is 0.0833. The molecule has 0 aliphatic carbocycles. The second kappa shape index (κ2) is 3.95. The van der Waals surface area contributed by atoms with Crippen LogP contribution in [0.4, 0.5) is 0 Å². The Morgan fingerprint density at radius 3 is 2.88 bits per heavy atom. The van der Waals surface area contributed by atoms with E-state index in [-0.39, 0.29) is 0 Å². The van der Waals surface area contributed by atoms with Gasteiger partial charge in [-0.15, -0.1) is 0 Å². The minimum absolute atomic E-state index is 0.432. The van der Waals surface area contributed by atoms with Crippen LogP contribution >= 0.6 is 0 Å². The van der Waals surface area contributed by atoms with Gasteiger partial charge in [-0.3, -0.25) is 10.1 Å². The molecule has 0 amide bonds. The molecule has 1 atom stereocenters. The molecule has 17 heavy (non-hydrogen) atoms. The topological polar surface area (TPSA) is 74.7 Å². The molecular weight excluding hydrogens is 216 g/mol. The molecule has 5 heteroatoms. The van der Waals surface area contributed by atoms with Gasteiger partial charge in [-0.05, 0) is 17.7 Å². The average Bonchev–Trinajstić information content (AvgIpc) is 2.91. The lowest BCUT2D eigenvalue weighted by molar-refractivity contribution is 0.212. The maximum atomic E-state index is 10.2. The van der Waals surface area contributed by atoms with Crippen LogP contribution in [-0.2, 0) is 0 Å². The van der Waals surface area contributed by atoms with Crippen molar-refractivity contribution < 1.29 is 5.11 Å². The summed E-state index contributed by atoms with van der Waals surface area (Å²) in [7, 11) is 0. The second-order valence-corrected chi connectivity index (χ2v) is 3.69. The van der Waals surface area contributed by atoms with Crippen molar-refractivity contribution in [2.75, 3.05) is 0 Å². The van der Waals surface area contributed by atoms with Gasteiger partial charge in [-0.1, -0.05) is 18.2 Å². The predicted molar refractivity (Wildman–Crippen MR) is 62.2 cm³/mol. The third kappa shape index (κ3) is 1.66. The van der Waals surface area contributed by atoms with Crippen molar-refractivity contribution >= 4 is 10.9 Å². The number of aliphatic hydroxyl groups is 1. The van der Waals surface area contributed by atoms with Gasteiger partial charge in [0.15, 0.2) is 5.82 Å². The van der Waals surface area contributed by atoms with Gasteiger partial charge < -0.3 is 5.11 Å². The lowest BCUT2D eigenvalue weighted by Gasteiger charge is -2.10. The summed E-state index contributed by atoms with van der Waals surface area (Å²) in [4.78, 5) is 8.21. The number of aromatic nitrogens is 4. The summed E-state index contributed by atoms with van der Waals surface area (Å²) in [6.07, 6.45) is 2.29. The Kier molecular flexibility index (Phi) is 2.31. The number of aliphatic hydroxyl groups excluding tert-OH is 1. The van der Waals surface area contributed by atoms with E-state index in [2.05, 4.69) is 20.2 Å². The monoisotopic (exact) mass is 226 g/mol. The largest absolute Gasteiger partial charge is 0.380 e. The van der Waals surface area contributed by atoms with E-state index in [0.29, 0.717) is 5.82 Å². The summed E-state index contributed by atoms with van der Waals surface area (Å²) in [6.45, 7) is 0. The molecule has 0 aliphatic rings. The van der Waals surface area contributed by atoms with E-state index in [1.54, 1.807) is 6.20 Å². The summed E-state index contributed by atoms with van der Waals surface area (Å²) in [5, 5.41) is 17.5. The van der Waals surface area contributed by atoms with Crippen molar-refractivity contribution in [1.29, 1.82) is 0 Å².